The number of aliphatic imine (C=N–C) groups is 1. The van der Waals surface area contributed by atoms with E-state index in [9.17, 15) is 9.59 Å². The van der Waals surface area contributed by atoms with Crippen LogP contribution in [0.25, 0.3) is 6.08 Å². The lowest BCUT2D eigenvalue weighted by Gasteiger charge is -2.14. The zero-order chi connectivity index (χ0) is 23.6. The van der Waals surface area contributed by atoms with Crippen LogP contribution in [0.5, 0.6) is 0 Å². The fourth-order valence-electron chi connectivity index (χ4n) is 3.42. The minimum absolute atomic E-state index is 0.0956. The molecule has 2 N–H and O–H groups in total. The average Bonchev–Trinajstić information content (AvgIpc) is 2.83. The van der Waals surface area contributed by atoms with Gasteiger partial charge in [-0.25, -0.2) is 4.98 Å². The average molecular weight is 445 g/mol. The molecule has 170 valence electrons. The summed E-state index contributed by atoms with van der Waals surface area (Å²) in [6, 6.07) is 11.5. The number of rotatable bonds is 10. The number of carbonyl (C=O) groups excluding carboxylic acids is 1. The first-order valence-corrected chi connectivity index (χ1v) is 10.7. The second-order valence-electron chi connectivity index (χ2n) is 7.43. The third kappa shape index (κ3) is 6.22. The molecule has 0 spiro atoms. The highest BCUT2D eigenvalue weighted by atomic mass is 16.2. The van der Waals surface area contributed by atoms with Crippen LogP contribution in [0.3, 0.4) is 0 Å². The summed E-state index contributed by atoms with van der Waals surface area (Å²) in [4.78, 5) is 38.0. The minimum atomic E-state index is -0.334. The number of aromatic nitrogens is 3. The van der Waals surface area contributed by atoms with Crippen molar-refractivity contribution in [1.82, 2.24) is 19.9 Å². The van der Waals surface area contributed by atoms with Gasteiger partial charge in [-0.15, -0.1) is 0 Å². The number of amides is 1. The van der Waals surface area contributed by atoms with E-state index in [4.69, 9.17) is 0 Å². The van der Waals surface area contributed by atoms with Crippen molar-refractivity contribution < 1.29 is 4.79 Å². The summed E-state index contributed by atoms with van der Waals surface area (Å²) in [5, 5.41) is 5.94. The lowest BCUT2D eigenvalue weighted by Crippen LogP contribution is -2.34. The van der Waals surface area contributed by atoms with Gasteiger partial charge >= 0.3 is 0 Å². The van der Waals surface area contributed by atoms with Crippen LogP contribution in [-0.2, 0) is 24.3 Å². The van der Waals surface area contributed by atoms with Gasteiger partial charge in [0.25, 0.3) is 5.56 Å². The Bertz CT molecular complexity index is 1200. The van der Waals surface area contributed by atoms with Crippen molar-refractivity contribution in [2.45, 2.75) is 26.4 Å². The molecule has 1 amide bonds. The lowest BCUT2D eigenvalue weighted by atomic mass is 10.0. The Morgan fingerprint density at radius 1 is 1.21 bits per heavy atom. The molecule has 0 aliphatic heterocycles. The maximum Gasteiger partial charge on any atom is 0.293 e. The van der Waals surface area contributed by atoms with E-state index in [1.807, 2.05) is 36.4 Å². The first kappa shape index (κ1) is 23.6. The maximum atomic E-state index is 12.9. The quantitative estimate of drug-likeness (QED) is 0.468. The Balaban J connectivity index is 1.65. The van der Waals surface area contributed by atoms with Crippen molar-refractivity contribution >= 4 is 24.0 Å². The van der Waals surface area contributed by atoms with Crippen LogP contribution in [-0.4, -0.2) is 40.2 Å². The molecule has 0 aliphatic carbocycles. The van der Waals surface area contributed by atoms with Gasteiger partial charge in [0.15, 0.2) is 5.82 Å². The number of hydrogen-bond acceptors (Lipinski definition) is 6. The summed E-state index contributed by atoms with van der Waals surface area (Å²) in [5.41, 5.74) is 3.97. The molecule has 3 aromatic rings. The summed E-state index contributed by atoms with van der Waals surface area (Å²) in [5.74, 6) is -0.0553. The predicted molar refractivity (Wildman–Crippen MR) is 132 cm³/mol. The molecule has 0 bridgehead atoms. The molecule has 3 rings (SSSR count). The van der Waals surface area contributed by atoms with Crippen molar-refractivity contribution in [3.05, 3.63) is 93.8 Å². The van der Waals surface area contributed by atoms with Gasteiger partial charge < -0.3 is 10.6 Å². The van der Waals surface area contributed by atoms with E-state index in [0.717, 1.165) is 22.4 Å². The van der Waals surface area contributed by atoms with Crippen LogP contribution in [0.1, 0.15) is 28.1 Å². The Morgan fingerprint density at radius 2 is 2.06 bits per heavy atom. The lowest BCUT2D eigenvalue weighted by molar-refractivity contribution is -0.121. The molecule has 0 saturated carbocycles. The van der Waals surface area contributed by atoms with Crippen LogP contribution in [0.15, 0.2) is 65.2 Å². The number of pyridine rings is 1. The fraction of sp³-hybridized carbons (Fsp3) is 0.240. The summed E-state index contributed by atoms with van der Waals surface area (Å²) < 4.78 is 1.42. The zero-order valence-electron chi connectivity index (χ0n) is 18.9. The molecule has 2 heterocycles. The summed E-state index contributed by atoms with van der Waals surface area (Å²) >= 11 is 0. The van der Waals surface area contributed by atoms with Gasteiger partial charge in [-0.05, 0) is 35.7 Å². The predicted octanol–water partition coefficient (Wildman–Crippen LogP) is 2.61. The molecule has 0 unspecified atom stereocenters. The molecular weight excluding hydrogens is 416 g/mol. The van der Waals surface area contributed by atoms with Gasteiger partial charge in [-0.3, -0.25) is 24.1 Å². The van der Waals surface area contributed by atoms with Gasteiger partial charge in [-0.1, -0.05) is 36.9 Å². The molecule has 8 heteroatoms. The maximum absolute atomic E-state index is 12.9. The van der Waals surface area contributed by atoms with Crippen molar-refractivity contribution in [3.63, 3.8) is 0 Å². The van der Waals surface area contributed by atoms with Crippen LogP contribution in [0.4, 0.5) is 5.82 Å². The Hall–Kier alpha value is -4.07. The molecular formula is C25H28N6O2. The molecule has 0 radical (unpaired) electrons. The van der Waals surface area contributed by atoms with Gasteiger partial charge in [0.05, 0.1) is 0 Å². The molecule has 0 atom stereocenters. The van der Waals surface area contributed by atoms with E-state index in [2.05, 4.69) is 32.2 Å². The van der Waals surface area contributed by atoms with Crippen molar-refractivity contribution in [3.8, 4) is 0 Å². The highest BCUT2D eigenvalue weighted by molar-refractivity contribution is 5.86. The van der Waals surface area contributed by atoms with Gasteiger partial charge in [-0.2, -0.15) is 0 Å². The monoisotopic (exact) mass is 444 g/mol. The number of benzene rings is 1. The number of hydrogen-bond donors (Lipinski definition) is 2. The van der Waals surface area contributed by atoms with Gasteiger partial charge in [0.2, 0.25) is 5.91 Å². The molecule has 1 aromatic carbocycles. The smallest absolute Gasteiger partial charge is 0.293 e. The Kier molecular flexibility index (Phi) is 8.24. The van der Waals surface area contributed by atoms with E-state index in [1.165, 1.54) is 4.57 Å². The van der Waals surface area contributed by atoms with E-state index in [1.54, 1.807) is 38.7 Å². The van der Waals surface area contributed by atoms with E-state index in [-0.39, 0.29) is 23.8 Å². The van der Waals surface area contributed by atoms with Crippen molar-refractivity contribution in [1.29, 1.82) is 0 Å². The Labute approximate surface area is 193 Å². The van der Waals surface area contributed by atoms with Crippen LogP contribution in [0, 0.1) is 6.92 Å². The van der Waals surface area contributed by atoms with Crippen molar-refractivity contribution in [2.24, 2.45) is 4.99 Å². The third-order valence-corrected chi connectivity index (χ3v) is 5.13. The molecule has 33 heavy (non-hydrogen) atoms. The molecule has 0 aliphatic rings. The van der Waals surface area contributed by atoms with Gasteiger partial charge in [0, 0.05) is 56.6 Å². The first-order chi connectivity index (χ1) is 16.0. The first-order valence-electron chi connectivity index (χ1n) is 10.7. The summed E-state index contributed by atoms with van der Waals surface area (Å²) in [6.07, 6.45) is 7.48. The normalized spacial score (nSPS) is 10.8. The van der Waals surface area contributed by atoms with Crippen LogP contribution < -0.4 is 16.2 Å². The molecule has 8 nitrogen and oxygen atoms in total. The van der Waals surface area contributed by atoms with E-state index >= 15 is 0 Å². The SMILES string of the molecule is C=Cc1c(C=NC)cccc1CNC(=O)Cn1c(C)cnc(NCCc2ccccn2)c1=O. The largest absolute Gasteiger partial charge is 0.365 e. The fourth-order valence-corrected chi connectivity index (χ4v) is 3.42. The molecule has 0 saturated heterocycles. The molecule has 0 fully saturated rings. The van der Waals surface area contributed by atoms with Crippen LogP contribution >= 0.6 is 0 Å². The Morgan fingerprint density at radius 3 is 2.79 bits per heavy atom. The standard InChI is InChI=1S/C25H28N6O2/c1-4-22-19(15-26-3)8-7-9-20(22)16-29-23(32)17-31-18(2)14-30-24(25(31)33)28-13-11-21-10-5-6-12-27-21/h4-10,12,14-15H,1,11,13,16-17H2,2-3H3,(H,28,30)(H,29,32). The number of carbonyl (C=O) groups is 1. The molecule has 2 aromatic heterocycles. The summed E-state index contributed by atoms with van der Waals surface area (Å²) in [6.45, 7) is 6.35. The second-order valence-corrected chi connectivity index (χ2v) is 7.43. The number of anilines is 1. The number of aryl methyl sites for hydroxylation is 1. The summed E-state index contributed by atoms with van der Waals surface area (Å²) in [7, 11) is 1.71. The second kappa shape index (κ2) is 11.5. The van der Waals surface area contributed by atoms with Crippen molar-refractivity contribution in [2.75, 3.05) is 18.9 Å². The zero-order valence-corrected chi connectivity index (χ0v) is 18.9. The third-order valence-electron chi connectivity index (χ3n) is 5.13. The van der Waals surface area contributed by atoms with Gasteiger partial charge in [0.1, 0.15) is 6.54 Å². The van der Waals surface area contributed by atoms with E-state index < -0.39 is 0 Å². The van der Waals surface area contributed by atoms with E-state index in [0.29, 0.717) is 25.2 Å². The number of nitrogens with one attached hydrogen (secondary N) is 2. The minimum Gasteiger partial charge on any atom is -0.365 e. The van der Waals surface area contributed by atoms with Crippen LogP contribution in [0.2, 0.25) is 0 Å². The topological polar surface area (TPSA) is 101 Å². The highest BCUT2D eigenvalue weighted by Gasteiger charge is 2.12. The number of nitrogens with zero attached hydrogens (tertiary/aromatic N) is 4. The highest BCUT2D eigenvalue weighted by Crippen LogP contribution is 2.15.